The van der Waals surface area contributed by atoms with E-state index in [1.807, 2.05) is 6.08 Å². The SMILES string of the molecule is CCCCCCCCCCCCCC/C=C/C(O)C(COC1OC(CO)C(O)C(O)C1O)NC(=O)CCCCCCCCCCCCCOC(=O)CCCCCCCCCCCCC. The Kier molecular flexibility index (Phi) is 41.5. The van der Waals surface area contributed by atoms with Crippen molar-refractivity contribution in [2.24, 2.45) is 0 Å². The maximum Gasteiger partial charge on any atom is 0.305 e. The van der Waals surface area contributed by atoms with Crippen LogP contribution in [0.5, 0.6) is 0 Å². The van der Waals surface area contributed by atoms with Crippen LogP contribution in [0.15, 0.2) is 12.2 Å². The second kappa shape index (κ2) is 43.9. The van der Waals surface area contributed by atoms with E-state index in [2.05, 4.69) is 19.2 Å². The topological polar surface area (TPSA) is 175 Å². The summed E-state index contributed by atoms with van der Waals surface area (Å²) in [4.78, 5) is 25.0. The summed E-state index contributed by atoms with van der Waals surface area (Å²) in [6.45, 7) is 4.28. The molecule has 0 saturated carbocycles. The minimum absolute atomic E-state index is 0.0396. The minimum atomic E-state index is -1.58. The Morgan fingerprint density at radius 2 is 0.984 bits per heavy atom. The highest BCUT2D eigenvalue weighted by Crippen LogP contribution is 2.23. The molecule has 11 nitrogen and oxygen atoms in total. The van der Waals surface area contributed by atoms with E-state index in [1.54, 1.807) is 6.08 Å². The summed E-state index contributed by atoms with van der Waals surface area (Å²) in [5.41, 5.74) is 0. The van der Waals surface area contributed by atoms with Crippen LogP contribution in [-0.4, -0.2) is 100 Å². The highest BCUT2D eigenvalue weighted by atomic mass is 16.7. The number of unbranched alkanes of at least 4 members (excludes halogenated alkanes) is 32. The maximum absolute atomic E-state index is 13.0. The molecule has 11 heteroatoms. The number of carbonyl (C=O) groups excluding carboxylic acids is 2. The van der Waals surface area contributed by atoms with Crippen LogP contribution in [0.2, 0.25) is 0 Å². The van der Waals surface area contributed by atoms with Crippen LogP contribution in [0.3, 0.4) is 0 Å². The number of rotatable bonds is 46. The Bertz CT molecular complexity index is 1080. The van der Waals surface area contributed by atoms with Crippen molar-refractivity contribution in [2.45, 2.75) is 294 Å². The number of ether oxygens (including phenoxy) is 3. The van der Waals surface area contributed by atoms with E-state index in [4.69, 9.17) is 14.2 Å². The predicted octanol–water partition coefficient (Wildman–Crippen LogP) is 11.2. The fraction of sp³-hybridized carbons (Fsp3) is 0.925. The molecule has 0 radical (unpaired) electrons. The van der Waals surface area contributed by atoms with Gasteiger partial charge in [0.25, 0.3) is 0 Å². The third-order valence-corrected chi connectivity index (χ3v) is 12.9. The van der Waals surface area contributed by atoms with Crippen molar-refractivity contribution in [2.75, 3.05) is 19.8 Å². The van der Waals surface area contributed by atoms with Crippen LogP contribution in [0.25, 0.3) is 0 Å². The smallest absolute Gasteiger partial charge is 0.305 e. The molecule has 0 spiro atoms. The van der Waals surface area contributed by atoms with E-state index in [1.165, 1.54) is 154 Å². The summed E-state index contributed by atoms with van der Waals surface area (Å²) in [5, 5.41) is 54.3. The van der Waals surface area contributed by atoms with Crippen molar-refractivity contribution in [3.05, 3.63) is 12.2 Å². The molecule has 0 bridgehead atoms. The summed E-state index contributed by atoms with van der Waals surface area (Å²) in [5.74, 6) is -0.239. The largest absolute Gasteiger partial charge is 0.466 e. The standard InChI is InChI=1S/C53H101NO10/c1-3-5-7-9-11-13-15-16-17-20-23-27-31-35-39-46(56)45(44-63-53-52(61)51(60)50(59)47(43-55)64-53)54-48(57)40-36-32-28-24-21-18-22-26-30-34-38-42-62-49(58)41-37-33-29-25-19-14-12-10-8-6-4-2/h35,39,45-47,50-53,55-56,59-61H,3-34,36-38,40-44H2,1-2H3,(H,54,57)/b39-35+. The van der Waals surface area contributed by atoms with Crippen LogP contribution in [0.4, 0.5) is 0 Å². The second-order valence-corrected chi connectivity index (χ2v) is 18.9. The molecule has 0 aromatic rings. The van der Waals surface area contributed by atoms with Gasteiger partial charge in [0.15, 0.2) is 6.29 Å². The Labute approximate surface area is 391 Å². The lowest BCUT2D eigenvalue weighted by Crippen LogP contribution is -2.60. The molecule has 1 saturated heterocycles. The number of allylic oxidation sites excluding steroid dienone is 1. The number of aliphatic hydroxyl groups is 5. The third kappa shape index (κ3) is 33.8. The predicted molar refractivity (Wildman–Crippen MR) is 260 cm³/mol. The zero-order valence-electron chi connectivity index (χ0n) is 41.3. The van der Waals surface area contributed by atoms with Crippen LogP contribution in [0.1, 0.15) is 251 Å². The average molecular weight is 912 g/mol. The van der Waals surface area contributed by atoms with E-state index in [0.717, 1.165) is 70.6 Å². The number of esters is 1. The van der Waals surface area contributed by atoms with Crippen molar-refractivity contribution in [1.82, 2.24) is 5.32 Å². The van der Waals surface area contributed by atoms with Crippen LogP contribution >= 0.6 is 0 Å². The Morgan fingerprint density at radius 3 is 1.45 bits per heavy atom. The number of aliphatic hydroxyl groups excluding tert-OH is 5. The van der Waals surface area contributed by atoms with Gasteiger partial charge in [-0.25, -0.2) is 0 Å². The molecule has 378 valence electrons. The van der Waals surface area contributed by atoms with E-state index in [9.17, 15) is 35.1 Å². The van der Waals surface area contributed by atoms with E-state index in [0.29, 0.717) is 19.4 Å². The average Bonchev–Trinajstić information content (AvgIpc) is 3.29. The molecule has 0 aromatic heterocycles. The monoisotopic (exact) mass is 912 g/mol. The van der Waals surface area contributed by atoms with Gasteiger partial charge in [0.1, 0.15) is 24.4 Å². The summed E-state index contributed by atoms with van der Waals surface area (Å²) in [7, 11) is 0. The molecule has 1 aliphatic heterocycles. The van der Waals surface area contributed by atoms with Gasteiger partial charge in [-0.1, -0.05) is 219 Å². The summed E-state index contributed by atoms with van der Waals surface area (Å²) in [6, 6.07) is -0.822. The number of nitrogens with one attached hydrogen (secondary N) is 1. The number of hydrogen-bond acceptors (Lipinski definition) is 10. The van der Waals surface area contributed by atoms with Crippen molar-refractivity contribution >= 4 is 11.9 Å². The summed E-state index contributed by atoms with van der Waals surface area (Å²) < 4.78 is 16.7. The molecule has 0 aliphatic carbocycles. The zero-order chi connectivity index (χ0) is 46.7. The van der Waals surface area contributed by atoms with Crippen LogP contribution in [-0.2, 0) is 23.8 Å². The number of amides is 1. The Balaban J connectivity index is 2.21. The van der Waals surface area contributed by atoms with Gasteiger partial charge in [-0.3, -0.25) is 9.59 Å². The van der Waals surface area contributed by atoms with Gasteiger partial charge in [-0.2, -0.15) is 0 Å². The maximum atomic E-state index is 13.0. The molecular weight excluding hydrogens is 811 g/mol. The normalized spacial score (nSPS) is 19.9. The van der Waals surface area contributed by atoms with Gasteiger partial charge < -0.3 is 45.1 Å². The summed E-state index contributed by atoms with van der Waals surface area (Å²) in [6.07, 6.45) is 38.4. The quantitative estimate of drug-likeness (QED) is 0.0196. The molecule has 1 fully saturated rings. The van der Waals surface area contributed by atoms with E-state index >= 15 is 0 Å². The molecule has 1 heterocycles. The second-order valence-electron chi connectivity index (χ2n) is 18.9. The number of carbonyl (C=O) groups is 2. The van der Waals surface area contributed by atoms with Crippen molar-refractivity contribution in [3.63, 3.8) is 0 Å². The van der Waals surface area contributed by atoms with Gasteiger partial charge in [0.05, 0.1) is 32.0 Å². The molecule has 7 unspecified atom stereocenters. The van der Waals surface area contributed by atoms with Crippen LogP contribution in [0, 0.1) is 0 Å². The van der Waals surface area contributed by atoms with Gasteiger partial charge in [-0.05, 0) is 32.1 Å². The lowest BCUT2D eigenvalue weighted by Gasteiger charge is -2.40. The summed E-state index contributed by atoms with van der Waals surface area (Å²) >= 11 is 0. The van der Waals surface area contributed by atoms with Crippen molar-refractivity contribution in [1.29, 1.82) is 0 Å². The highest BCUT2D eigenvalue weighted by Gasteiger charge is 2.44. The molecule has 0 aromatic carbocycles. The first kappa shape index (κ1) is 60.4. The van der Waals surface area contributed by atoms with Gasteiger partial charge in [0, 0.05) is 12.8 Å². The molecule has 7 atom stereocenters. The molecular formula is C53H101NO10. The van der Waals surface area contributed by atoms with Crippen LogP contribution < -0.4 is 5.32 Å². The Hall–Kier alpha value is -1.60. The fourth-order valence-electron chi connectivity index (χ4n) is 8.55. The first-order valence-corrected chi connectivity index (χ1v) is 27.0. The molecule has 64 heavy (non-hydrogen) atoms. The first-order chi connectivity index (χ1) is 31.2. The minimum Gasteiger partial charge on any atom is -0.466 e. The fourth-order valence-corrected chi connectivity index (χ4v) is 8.55. The molecule has 1 rings (SSSR count). The van der Waals surface area contributed by atoms with E-state index < -0.39 is 49.5 Å². The van der Waals surface area contributed by atoms with Gasteiger partial charge >= 0.3 is 5.97 Å². The van der Waals surface area contributed by atoms with E-state index in [-0.39, 0.29) is 18.5 Å². The molecule has 1 amide bonds. The molecule has 1 aliphatic rings. The zero-order valence-corrected chi connectivity index (χ0v) is 41.3. The van der Waals surface area contributed by atoms with Crippen molar-refractivity contribution < 1.29 is 49.3 Å². The van der Waals surface area contributed by atoms with Crippen molar-refractivity contribution in [3.8, 4) is 0 Å². The first-order valence-electron chi connectivity index (χ1n) is 27.0. The third-order valence-electron chi connectivity index (χ3n) is 12.9. The lowest BCUT2D eigenvalue weighted by molar-refractivity contribution is -0.302. The number of hydrogen-bond donors (Lipinski definition) is 6. The van der Waals surface area contributed by atoms with Gasteiger partial charge in [-0.15, -0.1) is 0 Å². The Morgan fingerprint density at radius 1 is 0.562 bits per heavy atom. The molecule has 6 N–H and O–H groups in total. The van der Waals surface area contributed by atoms with Gasteiger partial charge in [0.2, 0.25) is 5.91 Å². The highest BCUT2D eigenvalue weighted by molar-refractivity contribution is 5.76. The lowest BCUT2D eigenvalue weighted by atomic mass is 9.99.